The molecule has 0 aromatic carbocycles. The first kappa shape index (κ1) is 18.9. The maximum Gasteiger partial charge on any atom is 0.410 e. The van der Waals surface area contributed by atoms with Gasteiger partial charge in [0.25, 0.3) is 0 Å². The Bertz CT molecular complexity index is 829. The molecule has 0 aliphatic heterocycles. The van der Waals surface area contributed by atoms with Crippen molar-refractivity contribution in [1.82, 2.24) is 19.7 Å². The summed E-state index contributed by atoms with van der Waals surface area (Å²) in [6.07, 6.45) is 4.58. The van der Waals surface area contributed by atoms with Gasteiger partial charge in [-0.1, -0.05) is 6.07 Å². The molecule has 1 fully saturated rings. The van der Waals surface area contributed by atoms with Gasteiger partial charge in [-0.15, -0.1) is 0 Å². The summed E-state index contributed by atoms with van der Waals surface area (Å²) in [6.45, 7) is 1.58. The Morgan fingerprint density at radius 1 is 1.26 bits per heavy atom. The normalized spacial score (nSPS) is 13.7. The van der Waals surface area contributed by atoms with Gasteiger partial charge in [0, 0.05) is 32.6 Å². The number of ether oxygens (including phenoxy) is 2. The average Bonchev–Trinajstić information content (AvgIpc) is 2.97. The molecule has 3 rings (SSSR count). The number of amides is 1. The van der Waals surface area contributed by atoms with Crippen molar-refractivity contribution in [1.29, 1.82) is 0 Å². The van der Waals surface area contributed by atoms with Crippen molar-refractivity contribution in [2.75, 3.05) is 7.05 Å². The Morgan fingerprint density at radius 2 is 2.04 bits per heavy atom. The minimum atomic E-state index is -0.355. The number of nitrogens with zero attached hydrogens (tertiary/aromatic N) is 4. The standard InChI is InChI=1S/C19H24N4O4/c1-13(24)26-11-14-6-4-9-17(21-14)16-10-20-23(3)18(16)12-27-19(25)22(2)15-7-5-8-15/h4,6,9-10,15H,5,7-8,11-12H2,1-3H3. The third kappa shape index (κ3) is 4.45. The van der Waals surface area contributed by atoms with Crippen LogP contribution in [0.15, 0.2) is 24.4 Å². The van der Waals surface area contributed by atoms with Crippen LogP contribution < -0.4 is 0 Å². The summed E-state index contributed by atoms with van der Waals surface area (Å²) < 4.78 is 12.2. The average molecular weight is 372 g/mol. The van der Waals surface area contributed by atoms with Gasteiger partial charge in [-0.2, -0.15) is 5.10 Å². The fourth-order valence-corrected chi connectivity index (χ4v) is 2.89. The summed E-state index contributed by atoms with van der Waals surface area (Å²) in [6, 6.07) is 5.76. The lowest BCUT2D eigenvalue weighted by Crippen LogP contribution is -2.41. The lowest BCUT2D eigenvalue weighted by atomic mass is 9.92. The molecule has 0 bridgehead atoms. The van der Waals surface area contributed by atoms with E-state index in [2.05, 4.69) is 10.1 Å². The van der Waals surface area contributed by atoms with Gasteiger partial charge in [0.2, 0.25) is 0 Å². The van der Waals surface area contributed by atoms with E-state index in [0.717, 1.165) is 30.5 Å². The number of carbonyl (C=O) groups is 2. The van der Waals surface area contributed by atoms with Gasteiger partial charge in [0.15, 0.2) is 0 Å². The predicted molar refractivity (Wildman–Crippen MR) is 97.5 cm³/mol. The molecule has 8 heteroatoms. The SMILES string of the molecule is CC(=O)OCc1cccc(-c2cnn(C)c2COC(=O)N(C)C2CCC2)n1. The molecule has 2 aromatic rings. The van der Waals surface area contributed by atoms with Gasteiger partial charge in [0.1, 0.15) is 13.2 Å². The van der Waals surface area contributed by atoms with Gasteiger partial charge >= 0.3 is 12.1 Å². The summed E-state index contributed by atoms with van der Waals surface area (Å²) in [5, 5.41) is 4.27. The highest BCUT2D eigenvalue weighted by molar-refractivity contribution is 5.68. The Balaban J connectivity index is 1.71. The molecule has 1 amide bonds. The molecule has 0 atom stereocenters. The predicted octanol–water partition coefficient (Wildman–Crippen LogP) is 2.67. The number of aromatic nitrogens is 3. The summed E-state index contributed by atoms with van der Waals surface area (Å²) >= 11 is 0. The number of hydrogen-bond acceptors (Lipinski definition) is 6. The molecule has 0 N–H and O–H groups in total. The first-order valence-corrected chi connectivity index (χ1v) is 8.96. The second-order valence-corrected chi connectivity index (χ2v) is 6.67. The van der Waals surface area contributed by atoms with E-state index in [9.17, 15) is 9.59 Å². The van der Waals surface area contributed by atoms with E-state index in [1.807, 2.05) is 12.1 Å². The molecule has 144 valence electrons. The lowest BCUT2D eigenvalue weighted by Gasteiger charge is -2.33. The van der Waals surface area contributed by atoms with Crippen molar-refractivity contribution >= 4 is 12.1 Å². The van der Waals surface area contributed by atoms with Crippen molar-refractivity contribution in [2.45, 2.75) is 45.4 Å². The molecule has 1 aliphatic rings. The van der Waals surface area contributed by atoms with Crippen LogP contribution in [0.2, 0.25) is 0 Å². The lowest BCUT2D eigenvalue weighted by molar-refractivity contribution is -0.142. The van der Waals surface area contributed by atoms with Crippen LogP contribution in [0.4, 0.5) is 4.79 Å². The Morgan fingerprint density at radius 3 is 2.70 bits per heavy atom. The monoisotopic (exact) mass is 372 g/mol. The fourth-order valence-electron chi connectivity index (χ4n) is 2.89. The Labute approximate surface area is 158 Å². The van der Waals surface area contributed by atoms with Crippen molar-refractivity contribution in [3.8, 4) is 11.3 Å². The van der Waals surface area contributed by atoms with E-state index < -0.39 is 0 Å². The van der Waals surface area contributed by atoms with E-state index >= 15 is 0 Å². The second-order valence-electron chi connectivity index (χ2n) is 6.67. The van der Waals surface area contributed by atoms with Crippen molar-refractivity contribution in [3.63, 3.8) is 0 Å². The molecular formula is C19H24N4O4. The Kier molecular flexibility index (Phi) is 5.73. The van der Waals surface area contributed by atoms with Gasteiger partial charge in [-0.05, 0) is 31.4 Å². The van der Waals surface area contributed by atoms with Crippen LogP contribution in [0.3, 0.4) is 0 Å². The molecule has 0 unspecified atom stereocenters. The Hall–Kier alpha value is -2.90. The van der Waals surface area contributed by atoms with Crippen LogP contribution in [0, 0.1) is 0 Å². The number of aryl methyl sites for hydroxylation is 1. The molecule has 0 saturated heterocycles. The summed E-state index contributed by atoms with van der Waals surface area (Å²) in [5.41, 5.74) is 2.86. The van der Waals surface area contributed by atoms with Crippen LogP contribution >= 0.6 is 0 Å². The largest absolute Gasteiger partial charge is 0.459 e. The molecule has 2 aromatic heterocycles. The third-order valence-corrected chi connectivity index (χ3v) is 4.81. The topological polar surface area (TPSA) is 86.5 Å². The maximum absolute atomic E-state index is 12.2. The second kappa shape index (κ2) is 8.20. The van der Waals surface area contributed by atoms with E-state index in [1.165, 1.54) is 6.92 Å². The third-order valence-electron chi connectivity index (χ3n) is 4.81. The number of rotatable bonds is 6. The maximum atomic E-state index is 12.2. The number of pyridine rings is 1. The van der Waals surface area contributed by atoms with E-state index in [0.29, 0.717) is 11.4 Å². The highest BCUT2D eigenvalue weighted by Gasteiger charge is 2.27. The van der Waals surface area contributed by atoms with Crippen LogP contribution in [0.1, 0.15) is 37.6 Å². The first-order valence-electron chi connectivity index (χ1n) is 8.96. The van der Waals surface area contributed by atoms with Gasteiger partial charge < -0.3 is 14.4 Å². The van der Waals surface area contributed by atoms with Crippen molar-refractivity contribution < 1.29 is 19.1 Å². The molecule has 0 radical (unpaired) electrons. The van der Waals surface area contributed by atoms with Gasteiger partial charge in [-0.3, -0.25) is 9.48 Å². The van der Waals surface area contributed by atoms with E-state index in [1.54, 1.807) is 35.9 Å². The zero-order valence-corrected chi connectivity index (χ0v) is 15.8. The molecule has 0 spiro atoms. The van der Waals surface area contributed by atoms with Crippen molar-refractivity contribution in [3.05, 3.63) is 35.8 Å². The molecule has 2 heterocycles. The number of esters is 1. The molecule has 27 heavy (non-hydrogen) atoms. The fraction of sp³-hybridized carbons (Fsp3) is 0.474. The van der Waals surface area contributed by atoms with Gasteiger partial charge in [-0.25, -0.2) is 9.78 Å². The van der Waals surface area contributed by atoms with Crippen molar-refractivity contribution in [2.24, 2.45) is 7.05 Å². The minimum absolute atomic E-state index is 0.109. The summed E-state index contributed by atoms with van der Waals surface area (Å²) in [7, 11) is 3.57. The highest BCUT2D eigenvalue weighted by Crippen LogP contribution is 2.25. The van der Waals surface area contributed by atoms with Crippen LogP contribution in [0.25, 0.3) is 11.3 Å². The minimum Gasteiger partial charge on any atom is -0.459 e. The van der Waals surface area contributed by atoms with E-state index in [4.69, 9.17) is 9.47 Å². The van der Waals surface area contributed by atoms with Gasteiger partial charge in [0.05, 0.1) is 23.3 Å². The van der Waals surface area contributed by atoms with Crippen LogP contribution in [-0.2, 0) is 34.5 Å². The highest BCUT2D eigenvalue weighted by atomic mass is 16.6. The molecule has 1 aliphatic carbocycles. The number of hydrogen-bond donors (Lipinski definition) is 0. The number of carbonyl (C=O) groups excluding carboxylic acids is 2. The van der Waals surface area contributed by atoms with Crippen LogP contribution in [0.5, 0.6) is 0 Å². The molecule has 8 nitrogen and oxygen atoms in total. The summed E-state index contributed by atoms with van der Waals surface area (Å²) in [4.78, 5) is 29.4. The zero-order chi connectivity index (χ0) is 19.4. The summed E-state index contributed by atoms with van der Waals surface area (Å²) in [5.74, 6) is -0.355. The molecule has 1 saturated carbocycles. The van der Waals surface area contributed by atoms with E-state index in [-0.39, 0.29) is 31.3 Å². The van der Waals surface area contributed by atoms with Crippen LogP contribution in [-0.4, -0.2) is 44.8 Å². The quantitative estimate of drug-likeness (QED) is 0.725. The molecular weight excluding hydrogens is 348 g/mol. The first-order chi connectivity index (χ1) is 13.0. The smallest absolute Gasteiger partial charge is 0.410 e. The zero-order valence-electron chi connectivity index (χ0n) is 15.8.